The summed E-state index contributed by atoms with van der Waals surface area (Å²) in [5.41, 5.74) is 0. The maximum absolute atomic E-state index is 10.0. The first-order valence-electron chi connectivity index (χ1n) is 3.84. The van der Waals surface area contributed by atoms with Crippen LogP contribution in [-0.2, 0) is 24.3 Å². The Morgan fingerprint density at radius 2 is 1.92 bits per heavy atom. The van der Waals surface area contributed by atoms with Gasteiger partial charge >= 0.3 is 35.5 Å². The van der Waals surface area contributed by atoms with Crippen LogP contribution >= 0.6 is 0 Å². The molecule has 0 bridgehead atoms. The summed E-state index contributed by atoms with van der Waals surface area (Å²) in [4.78, 5) is 10.0. The van der Waals surface area contributed by atoms with Crippen molar-refractivity contribution in [1.82, 2.24) is 0 Å². The second-order valence-corrected chi connectivity index (χ2v) is 3.03. The maximum Gasteiger partial charge on any atom is 1.00 e. The van der Waals surface area contributed by atoms with Gasteiger partial charge in [-0.25, -0.2) is 0 Å². The van der Waals surface area contributed by atoms with Gasteiger partial charge in [-0.15, -0.1) is 0 Å². The van der Waals surface area contributed by atoms with Crippen molar-refractivity contribution in [2.24, 2.45) is 5.92 Å². The van der Waals surface area contributed by atoms with Crippen LogP contribution in [0, 0.1) is 5.92 Å². The Bertz CT molecular complexity index is 112. The SMILES string of the molecule is CC(C)CCCCC(=O)O.[H-].[Na+].[Zn]. The first-order chi connectivity index (χ1) is 4.63. The number of aliphatic carboxylic acids is 1. The molecule has 1 N–H and O–H groups in total. The van der Waals surface area contributed by atoms with E-state index in [4.69, 9.17) is 5.11 Å². The van der Waals surface area contributed by atoms with Crippen LogP contribution in [0.1, 0.15) is 41.0 Å². The zero-order valence-corrected chi connectivity index (χ0v) is 13.4. The molecule has 0 radical (unpaired) electrons. The number of rotatable bonds is 5. The molecule has 12 heavy (non-hydrogen) atoms. The average molecular weight is 234 g/mol. The fourth-order valence-electron chi connectivity index (χ4n) is 0.829. The molecule has 0 rings (SSSR count). The predicted octanol–water partition coefficient (Wildman–Crippen LogP) is -0.599. The van der Waals surface area contributed by atoms with Crippen LogP contribution in [0.2, 0.25) is 0 Å². The van der Waals surface area contributed by atoms with Crippen LogP contribution in [0.5, 0.6) is 0 Å². The summed E-state index contributed by atoms with van der Waals surface area (Å²) in [6, 6.07) is 0. The molecule has 0 fully saturated rings. The van der Waals surface area contributed by atoms with Gasteiger partial charge in [0.25, 0.3) is 0 Å². The van der Waals surface area contributed by atoms with E-state index >= 15 is 0 Å². The molecule has 0 saturated carbocycles. The van der Waals surface area contributed by atoms with Gasteiger partial charge in [-0.2, -0.15) is 0 Å². The van der Waals surface area contributed by atoms with E-state index in [1.807, 2.05) is 0 Å². The van der Waals surface area contributed by atoms with Crippen molar-refractivity contribution in [2.45, 2.75) is 39.5 Å². The summed E-state index contributed by atoms with van der Waals surface area (Å²) >= 11 is 0. The van der Waals surface area contributed by atoms with E-state index in [0.717, 1.165) is 19.3 Å². The van der Waals surface area contributed by atoms with Crippen molar-refractivity contribution in [1.29, 1.82) is 0 Å². The van der Waals surface area contributed by atoms with Gasteiger partial charge in [0.15, 0.2) is 0 Å². The molecule has 0 spiro atoms. The average Bonchev–Trinajstić information content (AvgIpc) is 1.79. The van der Waals surface area contributed by atoms with Gasteiger partial charge in [-0.05, 0) is 12.3 Å². The molecule has 0 unspecified atom stereocenters. The van der Waals surface area contributed by atoms with Crippen molar-refractivity contribution in [3.63, 3.8) is 0 Å². The molecule has 0 aliphatic carbocycles. The standard InChI is InChI=1S/C8H16O2.Na.Zn.H/c1-7(2)5-3-4-6-8(9)10;;;/h7H,3-6H2,1-2H3,(H,9,10);;;/q;+1;;-1. The van der Waals surface area contributed by atoms with E-state index in [0.29, 0.717) is 12.3 Å². The molecule has 0 saturated heterocycles. The summed E-state index contributed by atoms with van der Waals surface area (Å²) in [5, 5.41) is 8.28. The molecule has 4 heteroatoms. The molecule has 0 atom stereocenters. The van der Waals surface area contributed by atoms with E-state index in [1.54, 1.807) is 0 Å². The van der Waals surface area contributed by atoms with Crippen molar-refractivity contribution < 1.29 is 60.4 Å². The van der Waals surface area contributed by atoms with Gasteiger partial charge in [0.2, 0.25) is 0 Å². The summed E-state index contributed by atoms with van der Waals surface area (Å²) < 4.78 is 0. The number of carboxylic acid groups (broad SMARTS) is 1. The van der Waals surface area contributed by atoms with E-state index in [9.17, 15) is 4.79 Å². The minimum atomic E-state index is -0.677. The number of carboxylic acids is 1. The molecule has 64 valence electrons. The summed E-state index contributed by atoms with van der Waals surface area (Å²) in [7, 11) is 0. The quantitative estimate of drug-likeness (QED) is 0.509. The first kappa shape index (κ1) is 18.8. The van der Waals surface area contributed by atoms with Crippen molar-refractivity contribution in [3.05, 3.63) is 0 Å². The Hall–Kier alpha value is 1.09. The fourth-order valence-corrected chi connectivity index (χ4v) is 0.829. The van der Waals surface area contributed by atoms with E-state index in [-0.39, 0.29) is 50.5 Å². The Labute approximate surface area is 111 Å². The summed E-state index contributed by atoms with van der Waals surface area (Å²) in [6.45, 7) is 4.31. The van der Waals surface area contributed by atoms with Crippen molar-refractivity contribution in [3.8, 4) is 0 Å². The van der Waals surface area contributed by atoms with Crippen LogP contribution < -0.4 is 29.6 Å². The number of carbonyl (C=O) groups is 1. The third-order valence-corrected chi connectivity index (χ3v) is 1.42. The van der Waals surface area contributed by atoms with Crippen LogP contribution in [-0.4, -0.2) is 11.1 Å². The predicted molar refractivity (Wildman–Crippen MR) is 42.1 cm³/mol. The normalized spacial score (nSPS) is 8.58. The largest absolute Gasteiger partial charge is 1.00 e. The summed E-state index contributed by atoms with van der Waals surface area (Å²) in [5.74, 6) is 0.0255. The van der Waals surface area contributed by atoms with E-state index in [1.165, 1.54) is 0 Å². The van der Waals surface area contributed by atoms with Crippen molar-refractivity contribution >= 4 is 5.97 Å². The van der Waals surface area contributed by atoms with Gasteiger partial charge in [-0.3, -0.25) is 4.79 Å². The van der Waals surface area contributed by atoms with Gasteiger partial charge in [-0.1, -0.05) is 26.7 Å². The Morgan fingerprint density at radius 3 is 2.25 bits per heavy atom. The molecule has 0 aliphatic heterocycles. The number of unbranched alkanes of at least 4 members (excludes halogenated alkanes) is 1. The molecule has 0 aliphatic rings. The Morgan fingerprint density at radius 1 is 1.42 bits per heavy atom. The fraction of sp³-hybridized carbons (Fsp3) is 0.875. The molecule has 2 nitrogen and oxygen atoms in total. The molecular formula is C8H17NaO2Zn. The van der Waals surface area contributed by atoms with Gasteiger partial charge in [0.1, 0.15) is 0 Å². The van der Waals surface area contributed by atoms with Gasteiger partial charge < -0.3 is 6.53 Å². The second kappa shape index (κ2) is 12.1. The minimum absolute atomic E-state index is 0. The topological polar surface area (TPSA) is 37.3 Å². The van der Waals surface area contributed by atoms with Gasteiger partial charge in [0.05, 0.1) is 0 Å². The minimum Gasteiger partial charge on any atom is -1.00 e. The zero-order chi connectivity index (χ0) is 7.98. The first-order valence-corrected chi connectivity index (χ1v) is 3.84. The summed E-state index contributed by atoms with van der Waals surface area (Å²) in [6.07, 6.45) is 3.34. The number of hydrogen-bond donors (Lipinski definition) is 1. The maximum atomic E-state index is 10.0. The molecule has 0 aromatic rings. The van der Waals surface area contributed by atoms with E-state index < -0.39 is 5.97 Å². The molecule has 0 aromatic heterocycles. The molecule has 0 aromatic carbocycles. The van der Waals surface area contributed by atoms with Crippen LogP contribution in [0.25, 0.3) is 0 Å². The van der Waals surface area contributed by atoms with Crippen LogP contribution in [0.4, 0.5) is 0 Å². The second-order valence-electron chi connectivity index (χ2n) is 3.03. The third-order valence-electron chi connectivity index (χ3n) is 1.42. The van der Waals surface area contributed by atoms with Crippen LogP contribution in [0.3, 0.4) is 0 Å². The smallest absolute Gasteiger partial charge is 1.00 e. The Kier molecular flexibility index (Phi) is 18.9. The molecule has 0 heterocycles. The molecule has 0 amide bonds. The monoisotopic (exact) mass is 232 g/mol. The van der Waals surface area contributed by atoms with Crippen molar-refractivity contribution in [2.75, 3.05) is 0 Å². The Balaban J connectivity index is -0.000000135. The van der Waals surface area contributed by atoms with Gasteiger partial charge in [0, 0.05) is 25.9 Å². The molecular weight excluding hydrogens is 216 g/mol. The zero-order valence-electron chi connectivity index (χ0n) is 9.47. The third kappa shape index (κ3) is 17.3. The van der Waals surface area contributed by atoms with E-state index in [2.05, 4.69) is 13.8 Å². The van der Waals surface area contributed by atoms with Crippen LogP contribution in [0.15, 0.2) is 0 Å². The number of hydrogen-bond acceptors (Lipinski definition) is 1.